The molecule has 0 bridgehead atoms. The first kappa shape index (κ1) is 10.6. The minimum atomic E-state index is -1.70. The Morgan fingerprint density at radius 1 is 1.08 bits per heavy atom. The number of carbonyl (C=O) groups excluding carboxylic acids is 1. The number of ketones is 1. The zero-order chi connectivity index (χ0) is 9.89. The average molecular weight is 174 g/mol. The first-order valence-corrected chi connectivity index (χ1v) is 3.37. The van der Waals surface area contributed by atoms with E-state index in [1.165, 1.54) is 13.8 Å². The van der Waals surface area contributed by atoms with Gasteiger partial charge >= 0.3 is 11.9 Å². The Labute approximate surface area is 69.0 Å². The second kappa shape index (κ2) is 3.85. The summed E-state index contributed by atoms with van der Waals surface area (Å²) in [5.74, 6) is -6.31. The van der Waals surface area contributed by atoms with Crippen molar-refractivity contribution in [2.45, 2.75) is 13.8 Å². The molecule has 0 amide bonds. The molecule has 5 heteroatoms. The molecule has 0 aliphatic rings. The van der Waals surface area contributed by atoms with Crippen molar-refractivity contribution in [2.75, 3.05) is 0 Å². The highest BCUT2D eigenvalue weighted by Gasteiger charge is 2.33. The van der Waals surface area contributed by atoms with E-state index in [1.807, 2.05) is 0 Å². The number of aliphatic carboxylic acids is 2. The van der Waals surface area contributed by atoms with Crippen molar-refractivity contribution in [3.63, 3.8) is 0 Å². The van der Waals surface area contributed by atoms with Gasteiger partial charge in [-0.15, -0.1) is 0 Å². The summed E-state index contributed by atoms with van der Waals surface area (Å²) in [7, 11) is 0. The standard InChI is InChI=1S/C7H10O5/c1-3(2)4(6(9)10)5(8)7(11)12/h3-4H,1-2H3,(H,9,10)(H,11,12)/t4-/m0/s1. The van der Waals surface area contributed by atoms with Crippen molar-refractivity contribution < 1.29 is 24.6 Å². The smallest absolute Gasteiger partial charge is 0.373 e. The zero-order valence-corrected chi connectivity index (χ0v) is 6.77. The zero-order valence-electron chi connectivity index (χ0n) is 6.77. The summed E-state index contributed by atoms with van der Waals surface area (Å²) in [4.78, 5) is 31.3. The minimum absolute atomic E-state index is 0.508. The highest BCUT2D eigenvalue weighted by atomic mass is 16.4. The number of rotatable bonds is 4. The highest BCUT2D eigenvalue weighted by molar-refractivity contribution is 6.37. The number of hydrogen-bond acceptors (Lipinski definition) is 3. The lowest BCUT2D eigenvalue weighted by Gasteiger charge is -2.11. The van der Waals surface area contributed by atoms with Gasteiger partial charge in [0.25, 0.3) is 5.78 Å². The van der Waals surface area contributed by atoms with Gasteiger partial charge in [-0.1, -0.05) is 13.8 Å². The average Bonchev–Trinajstić information content (AvgIpc) is 1.85. The van der Waals surface area contributed by atoms with Crippen LogP contribution in [0.25, 0.3) is 0 Å². The lowest BCUT2D eigenvalue weighted by atomic mass is 9.92. The molecule has 0 radical (unpaired) electrons. The van der Waals surface area contributed by atoms with Gasteiger partial charge in [-0.3, -0.25) is 9.59 Å². The number of carboxylic acid groups (broad SMARTS) is 2. The van der Waals surface area contributed by atoms with E-state index in [2.05, 4.69) is 0 Å². The number of hydrogen-bond donors (Lipinski definition) is 2. The van der Waals surface area contributed by atoms with Crippen molar-refractivity contribution in [1.82, 2.24) is 0 Å². The van der Waals surface area contributed by atoms with Crippen molar-refractivity contribution in [3.05, 3.63) is 0 Å². The molecule has 1 atom stereocenters. The summed E-state index contributed by atoms with van der Waals surface area (Å²) >= 11 is 0. The summed E-state index contributed by atoms with van der Waals surface area (Å²) in [6.07, 6.45) is 0. The van der Waals surface area contributed by atoms with Crippen LogP contribution >= 0.6 is 0 Å². The molecule has 0 heterocycles. The van der Waals surface area contributed by atoms with Crippen LogP contribution in [-0.4, -0.2) is 27.9 Å². The molecule has 0 fully saturated rings. The Morgan fingerprint density at radius 3 is 1.58 bits per heavy atom. The molecule has 0 saturated carbocycles. The maximum absolute atomic E-state index is 10.7. The maximum atomic E-state index is 10.7. The third kappa shape index (κ3) is 2.34. The van der Waals surface area contributed by atoms with E-state index in [4.69, 9.17) is 10.2 Å². The Kier molecular flexibility index (Phi) is 3.40. The van der Waals surface area contributed by atoms with E-state index in [0.717, 1.165) is 0 Å². The van der Waals surface area contributed by atoms with E-state index in [-0.39, 0.29) is 0 Å². The molecule has 0 rings (SSSR count). The summed E-state index contributed by atoms with van der Waals surface area (Å²) in [6.45, 7) is 2.97. The van der Waals surface area contributed by atoms with Crippen LogP contribution in [0.3, 0.4) is 0 Å². The van der Waals surface area contributed by atoms with Crippen LogP contribution in [0, 0.1) is 11.8 Å². The summed E-state index contributed by atoms with van der Waals surface area (Å²) in [6, 6.07) is 0. The van der Waals surface area contributed by atoms with Crippen LogP contribution < -0.4 is 0 Å². The SMILES string of the molecule is CC(C)[C@H](C(=O)O)C(=O)C(=O)O. The number of carboxylic acids is 2. The van der Waals surface area contributed by atoms with Gasteiger partial charge in [0.15, 0.2) is 0 Å². The van der Waals surface area contributed by atoms with Gasteiger partial charge in [0, 0.05) is 0 Å². The second-order valence-corrected chi connectivity index (χ2v) is 2.73. The topological polar surface area (TPSA) is 91.7 Å². The fourth-order valence-electron chi connectivity index (χ4n) is 0.833. The monoisotopic (exact) mass is 174 g/mol. The molecule has 5 nitrogen and oxygen atoms in total. The van der Waals surface area contributed by atoms with Crippen molar-refractivity contribution in [1.29, 1.82) is 0 Å². The lowest BCUT2D eigenvalue weighted by Crippen LogP contribution is -2.33. The number of Topliss-reactive ketones (excluding diaryl/α,β-unsaturated/α-hetero) is 1. The molecule has 0 saturated heterocycles. The van der Waals surface area contributed by atoms with E-state index < -0.39 is 29.6 Å². The van der Waals surface area contributed by atoms with Crippen molar-refractivity contribution in [2.24, 2.45) is 11.8 Å². The molecule has 0 unspecified atom stereocenters. The van der Waals surface area contributed by atoms with Gasteiger partial charge in [0.2, 0.25) is 0 Å². The third-order valence-corrected chi connectivity index (χ3v) is 1.43. The molecular weight excluding hydrogens is 164 g/mol. The first-order valence-electron chi connectivity index (χ1n) is 3.37. The van der Waals surface area contributed by atoms with Gasteiger partial charge in [-0.2, -0.15) is 0 Å². The normalized spacial score (nSPS) is 12.6. The second-order valence-electron chi connectivity index (χ2n) is 2.73. The summed E-state index contributed by atoms with van der Waals surface area (Å²) < 4.78 is 0. The van der Waals surface area contributed by atoms with E-state index in [1.54, 1.807) is 0 Å². The van der Waals surface area contributed by atoms with Gasteiger partial charge in [0.05, 0.1) is 0 Å². The molecule has 68 valence electrons. The predicted molar refractivity (Wildman–Crippen MR) is 38.6 cm³/mol. The fourth-order valence-corrected chi connectivity index (χ4v) is 0.833. The first-order chi connectivity index (χ1) is 5.37. The Bertz CT molecular complexity index is 218. The van der Waals surface area contributed by atoms with Gasteiger partial charge in [-0.05, 0) is 5.92 Å². The van der Waals surface area contributed by atoms with Crippen LogP contribution in [0.2, 0.25) is 0 Å². The lowest BCUT2D eigenvalue weighted by molar-refractivity contribution is -0.158. The largest absolute Gasteiger partial charge is 0.481 e. The molecule has 0 aliphatic heterocycles. The Morgan fingerprint density at radius 2 is 1.50 bits per heavy atom. The minimum Gasteiger partial charge on any atom is -0.481 e. The van der Waals surface area contributed by atoms with E-state index in [9.17, 15) is 14.4 Å². The van der Waals surface area contributed by atoms with Crippen LogP contribution in [0.5, 0.6) is 0 Å². The molecule has 12 heavy (non-hydrogen) atoms. The van der Waals surface area contributed by atoms with Gasteiger partial charge in [0.1, 0.15) is 5.92 Å². The molecule has 0 aliphatic carbocycles. The van der Waals surface area contributed by atoms with Crippen LogP contribution in [0.15, 0.2) is 0 Å². The fraction of sp³-hybridized carbons (Fsp3) is 0.571. The molecule has 0 aromatic heterocycles. The van der Waals surface area contributed by atoms with Crippen molar-refractivity contribution in [3.8, 4) is 0 Å². The van der Waals surface area contributed by atoms with E-state index in [0.29, 0.717) is 0 Å². The molecule has 0 aromatic rings. The van der Waals surface area contributed by atoms with Gasteiger partial charge < -0.3 is 10.2 Å². The summed E-state index contributed by atoms with van der Waals surface area (Å²) in [5.41, 5.74) is 0. The molecule has 2 N–H and O–H groups in total. The van der Waals surface area contributed by atoms with Crippen LogP contribution in [0.4, 0.5) is 0 Å². The quantitative estimate of drug-likeness (QED) is 0.462. The predicted octanol–water partition coefficient (Wildman–Crippen LogP) is -0.00310. The summed E-state index contributed by atoms with van der Waals surface area (Å²) in [5, 5.41) is 16.7. The van der Waals surface area contributed by atoms with E-state index >= 15 is 0 Å². The third-order valence-electron chi connectivity index (χ3n) is 1.43. The van der Waals surface area contributed by atoms with Crippen molar-refractivity contribution >= 4 is 17.7 Å². The highest BCUT2D eigenvalue weighted by Crippen LogP contribution is 2.12. The van der Waals surface area contributed by atoms with Crippen LogP contribution in [0.1, 0.15) is 13.8 Å². The Balaban J connectivity index is 4.64. The van der Waals surface area contributed by atoms with Crippen LogP contribution in [-0.2, 0) is 14.4 Å². The Hall–Kier alpha value is -1.39. The maximum Gasteiger partial charge on any atom is 0.373 e. The number of carbonyl (C=O) groups is 3. The van der Waals surface area contributed by atoms with Gasteiger partial charge in [-0.25, -0.2) is 4.79 Å². The molecule has 0 aromatic carbocycles. The molecular formula is C7H10O5. The molecule has 0 spiro atoms.